The van der Waals surface area contributed by atoms with Crippen LogP contribution < -0.4 is 23.7 Å². The molecule has 1 atom stereocenters. The molecule has 15 aromatic rings. The molecule has 0 bridgehead atoms. The van der Waals surface area contributed by atoms with Gasteiger partial charge in [0.25, 0.3) is 0 Å². The third kappa shape index (κ3) is 29.0. The molecule has 0 spiro atoms. The number of hydrogen-bond acceptors (Lipinski definition) is 26. The number of carbonyl (C=O) groups excluding carboxylic acids is 5. The number of carbonyl (C=O) groups is 5. The fourth-order valence-electron chi connectivity index (χ4n) is 11.0. The van der Waals surface area contributed by atoms with Crippen LogP contribution in [-0.4, -0.2) is 109 Å². The van der Waals surface area contributed by atoms with E-state index in [1.165, 1.54) is 119 Å². The number of Topliss-reactive ketones (excluding diaryl/α,β-unsaturated/α-hetero) is 5. The summed E-state index contributed by atoms with van der Waals surface area (Å²) in [6.45, 7) is 9.07. The summed E-state index contributed by atoms with van der Waals surface area (Å²) in [4.78, 5) is 126. The first-order valence-corrected chi connectivity index (χ1v) is 38.4. The van der Waals surface area contributed by atoms with Crippen molar-refractivity contribution in [2.24, 2.45) is 0 Å². The highest BCUT2D eigenvalue weighted by atomic mass is 35.5. The van der Waals surface area contributed by atoms with Gasteiger partial charge in [-0.2, -0.15) is 0 Å². The van der Waals surface area contributed by atoms with Crippen molar-refractivity contribution < 1.29 is 56.4 Å². The molecule has 0 aliphatic carbocycles. The van der Waals surface area contributed by atoms with Crippen molar-refractivity contribution in [2.45, 2.75) is 72.9 Å². The van der Waals surface area contributed by atoms with Crippen LogP contribution in [0.2, 0.25) is 20.1 Å². The van der Waals surface area contributed by atoms with E-state index >= 15 is 0 Å². The van der Waals surface area contributed by atoms with E-state index in [2.05, 4.69) is 79.7 Å². The Kier molecular flexibility index (Phi) is 32.1. The number of hydrogen-bond donors (Lipinski definition) is 0. The SMILES string of the molecule is CC(F)c1cccc(CC(=O)c2cc(Cl)cc(Oc3cncnc3)c2)n1.Cc1ccc(CC(=O)c2cc(Cl)cc(Oc3cncnc3)c2)nc1.Cc1ccnc(CC(=O)c2cc(Cl)cc(Oc3cncnc3)c2)c1.Cc1ccnc(CC(=O)c2cc(F)cc(Oc3cncnc3)c2)c1.Cc1cncc(CC(=O)c2cc(Cl)cc(Oc3cncnc3)c2)n1. The number of nitrogens with zero attached hydrogens (tertiary/aromatic N) is 16. The molecule has 0 aliphatic rings. The average Bonchev–Trinajstić information content (AvgIpc) is 0.853. The Morgan fingerprint density at radius 3 is 0.984 bits per heavy atom. The van der Waals surface area contributed by atoms with E-state index in [1.807, 2.05) is 64.1 Å². The summed E-state index contributed by atoms with van der Waals surface area (Å²) in [6.07, 6.45) is 29.9. The maximum atomic E-state index is 13.8. The minimum absolute atomic E-state index is 0.0365. The zero-order chi connectivity index (χ0) is 86.3. The lowest BCUT2D eigenvalue weighted by Crippen LogP contribution is -2.07. The minimum Gasteiger partial charge on any atom is -0.454 e. The largest absolute Gasteiger partial charge is 0.454 e. The number of ether oxygens (including phenoxy) is 5. The molecule has 26 nitrogen and oxygen atoms in total. The summed E-state index contributed by atoms with van der Waals surface area (Å²) in [5.41, 5.74) is 9.36. The normalized spacial score (nSPS) is 10.7. The van der Waals surface area contributed by atoms with Crippen molar-refractivity contribution in [2.75, 3.05) is 0 Å². The Balaban J connectivity index is 0.000000149. The van der Waals surface area contributed by atoms with Gasteiger partial charge in [-0.05, 0) is 179 Å². The molecule has 0 fully saturated rings. The molecule has 612 valence electrons. The molecule has 15 rings (SSSR count). The molecule has 1 unspecified atom stereocenters. The third-order valence-corrected chi connectivity index (χ3v) is 17.4. The van der Waals surface area contributed by atoms with Gasteiger partial charge in [-0.15, -0.1) is 0 Å². The predicted molar refractivity (Wildman–Crippen MR) is 450 cm³/mol. The molecule has 5 aromatic carbocycles. The molecule has 32 heteroatoms. The van der Waals surface area contributed by atoms with E-state index in [-0.39, 0.29) is 72.3 Å². The molecule has 10 heterocycles. The monoisotopic (exact) mass is 1710 g/mol. The van der Waals surface area contributed by atoms with Crippen LogP contribution in [0.15, 0.2) is 270 Å². The Bertz CT molecular complexity index is 5750. The summed E-state index contributed by atoms with van der Waals surface area (Å²) in [5, 5.41) is 1.61. The maximum absolute atomic E-state index is 13.8. The lowest BCUT2D eigenvalue weighted by Gasteiger charge is -2.08. The number of pyridine rings is 4. The second-order valence-corrected chi connectivity index (χ2v) is 28.3. The number of aryl methyl sites for hydroxylation is 4. The first-order chi connectivity index (χ1) is 58.9. The van der Waals surface area contributed by atoms with Crippen LogP contribution in [-0.2, 0) is 32.1 Å². The summed E-state index contributed by atoms with van der Waals surface area (Å²) >= 11 is 24.4. The minimum atomic E-state index is -1.19. The van der Waals surface area contributed by atoms with Gasteiger partial charge in [0, 0.05) is 108 Å². The molecule has 10 aromatic heterocycles. The van der Waals surface area contributed by atoms with Gasteiger partial charge >= 0.3 is 0 Å². The van der Waals surface area contributed by atoms with Crippen LogP contribution in [0.5, 0.6) is 57.5 Å². The van der Waals surface area contributed by atoms with Gasteiger partial charge in [0.15, 0.2) is 57.7 Å². The first kappa shape index (κ1) is 88.4. The molecule has 0 N–H and O–H groups in total. The lowest BCUT2D eigenvalue weighted by molar-refractivity contribution is 0.0983. The zero-order valence-corrected chi connectivity index (χ0v) is 68.5. The first-order valence-electron chi connectivity index (χ1n) is 36.9. The van der Waals surface area contributed by atoms with E-state index in [1.54, 1.807) is 122 Å². The number of benzene rings is 5. The predicted octanol–water partition coefficient (Wildman–Crippen LogP) is 19.9. The van der Waals surface area contributed by atoms with Crippen LogP contribution in [0, 0.1) is 33.5 Å². The van der Waals surface area contributed by atoms with Crippen molar-refractivity contribution >= 4 is 75.3 Å². The Hall–Kier alpha value is -14.5. The summed E-state index contributed by atoms with van der Waals surface area (Å²) in [7, 11) is 0. The van der Waals surface area contributed by atoms with Gasteiger partial charge in [-0.1, -0.05) is 58.5 Å². The highest BCUT2D eigenvalue weighted by Crippen LogP contribution is 2.32. The fourth-order valence-corrected chi connectivity index (χ4v) is 11.9. The van der Waals surface area contributed by atoms with Crippen molar-refractivity contribution in [1.82, 2.24) is 79.7 Å². The Morgan fingerprint density at radius 1 is 0.311 bits per heavy atom. The smallest absolute Gasteiger partial charge is 0.169 e. The van der Waals surface area contributed by atoms with Crippen LogP contribution >= 0.6 is 46.4 Å². The number of alkyl halides is 1. The van der Waals surface area contributed by atoms with Crippen LogP contribution in [0.1, 0.15) is 121 Å². The molecule has 0 amide bonds. The summed E-state index contributed by atoms with van der Waals surface area (Å²) in [6, 6.07) is 39.5. The van der Waals surface area contributed by atoms with Crippen LogP contribution in [0.25, 0.3) is 0 Å². The Labute approximate surface area is 718 Å². The number of rotatable bonds is 26. The van der Waals surface area contributed by atoms with Crippen LogP contribution in [0.4, 0.5) is 8.78 Å². The van der Waals surface area contributed by atoms with Gasteiger partial charge in [-0.3, -0.25) is 53.9 Å². The Morgan fingerprint density at radius 2 is 0.648 bits per heavy atom. The topological polar surface area (TPSA) is 338 Å². The average molecular weight is 1720 g/mol. The highest BCUT2D eigenvalue weighted by molar-refractivity contribution is 6.32. The van der Waals surface area contributed by atoms with E-state index in [0.717, 1.165) is 28.1 Å². The molecule has 0 radical (unpaired) electrons. The fraction of sp³-hybridized carbons (Fsp3) is 0.122. The van der Waals surface area contributed by atoms with Gasteiger partial charge < -0.3 is 23.7 Å². The lowest BCUT2D eigenvalue weighted by atomic mass is 10.0. The van der Waals surface area contributed by atoms with E-state index < -0.39 is 12.0 Å². The van der Waals surface area contributed by atoms with Gasteiger partial charge in [0.05, 0.1) is 111 Å². The third-order valence-electron chi connectivity index (χ3n) is 16.5. The number of ketones is 5. The van der Waals surface area contributed by atoms with Gasteiger partial charge in [-0.25, -0.2) is 58.6 Å². The quantitative estimate of drug-likeness (QED) is 0.0454. The highest BCUT2D eigenvalue weighted by Gasteiger charge is 2.19. The molecule has 0 aliphatic heterocycles. The van der Waals surface area contributed by atoms with Crippen molar-refractivity contribution in [3.8, 4) is 57.5 Å². The molecule has 0 saturated carbocycles. The van der Waals surface area contributed by atoms with Crippen LogP contribution in [0.3, 0.4) is 0 Å². The van der Waals surface area contributed by atoms with Crippen molar-refractivity contribution in [3.63, 3.8) is 0 Å². The summed E-state index contributed by atoms with van der Waals surface area (Å²) in [5.74, 6) is 2.90. The standard InChI is InChI=1S/C19H15ClFN3O2.2C18H14ClN3O2.C18H14FN3O2.C17H13ClN4O2/c1-12(21)18-4-2-3-15(24-18)8-19(25)13-5-14(20)7-16(6-13)26-17-9-22-11-23-10-17;1-12-2-3-15(22-8-12)7-18(23)13-4-14(19)6-16(5-13)24-17-9-20-11-21-10-17;2*1-12-2-3-22-15(4-12)8-18(23)13-5-14(19)7-16(6-13)24-17-9-20-11-21-10-17;1-11-6-19-7-14(22-11)5-17(23)12-2-13(18)4-15(3-12)24-16-8-20-10-21-9-16/h2-7,9-12H,8H2,1H3;2-6,8-11H,7H2,1H3;2*2-7,9-11H,8H2,1H3;2-4,6-10H,5H2,1H3. The van der Waals surface area contributed by atoms with E-state index in [9.17, 15) is 32.8 Å². The molecule has 122 heavy (non-hydrogen) atoms. The number of halogens is 6. The summed E-state index contributed by atoms with van der Waals surface area (Å²) < 4.78 is 55.2. The molecule has 0 saturated heterocycles. The van der Waals surface area contributed by atoms with Crippen molar-refractivity contribution in [3.05, 3.63) is 380 Å². The van der Waals surface area contributed by atoms with Crippen molar-refractivity contribution in [1.29, 1.82) is 0 Å². The van der Waals surface area contributed by atoms with E-state index in [0.29, 0.717) is 123 Å². The van der Waals surface area contributed by atoms with Gasteiger partial charge in [0.2, 0.25) is 0 Å². The maximum Gasteiger partial charge on any atom is 0.169 e. The van der Waals surface area contributed by atoms with Gasteiger partial charge in [0.1, 0.15) is 72.4 Å². The molecular weight excluding hydrogens is 1640 g/mol. The zero-order valence-electron chi connectivity index (χ0n) is 65.5. The van der Waals surface area contributed by atoms with E-state index in [4.69, 9.17) is 70.1 Å². The second kappa shape index (κ2) is 44.4. The number of aromatic nitrogens is 16. The molecular formula is C90H70Cl4F2N16O10. The second-order valence-electron chi connectivity index (χ2n) is 26.6.